The maximum absolute atomic E-state index is 6.25. The predicted molar refractivity (Wildman–Crippen MR) is 69.5 cm³/mol. The van der Waals surface area contributed by atoms with Crippen LogP contribution in [0.4, 0.5) is 0 Å². The van der Waals surface area contributed by atoms with Crippen LogP contribution in [-0.4, -0.2) is 7.11 Å². The lowest BCUT2D eigenvalue weighted by Crippen LogP contribution is -2.07. The lowest BCUT2D eigenvalue weighted by molar-refractivity contribution is 0.414. The summed E-state index contributed by atoms with van der Waals surface area (Å²) in [7, 11) is 1.66. The number of benzene rings is 2. The Morgan fingerprint density at radius 3 is 2.76 bits per heavy atom. The minimum absolute atomic E-state index is 0.117. The van der Waals surface area contributed by atoms with Gasteiger partial charge in [-0.3, -0.25) is 0 Å². The average Bonchev–Trinajstić information content (AvgIpc) is 2.64. The van der Waals surface area contributed by atoms with Crippen LogP contribution in [0, 0.1) is 0 Å². The summed E-state index contributed by atoms with van der Waals surface area (Å²) in [6, 6.07) is 11.7. The lowest BCUT2D eigenvalue weighted by Gasteiger charge is -2.07. The Morgan fingerprint density at radius 2 is 2.00 bits per heavy atom. The smallest absolute Gasteiger partial charge is 0.119 e. The van der Waals surface area contributed by atoms with Crippen LogP contribution >= 0.6 is 11.6 Å². The molecule has 2 aromatic rings. The van der Waals surface area contributed by atoms with Crippen LogP contribution in [0.15, 0.2) is 36.4 Å². The third kappa shape index (κ3) is 1.45. The summed E-state index contributed by atoms with van der Waals surface area (Å²) in [5.74, 6) is 0.822. The molecule has 0 saturated heterocycles. The number of hydrogen-bond donors (Lipinski definition) is 1. The van der Waals surface area contributed by atoms with Gasteiger partial charge < -0.3 is 10.5 Å². The molecule has 17 heavy (non-hydrogen) atoms. The average molecular weight is 246 g/mol. The van der Waals surface area contributed by atoms with E-state index in [-0.39, 0.29) is 6.04 Å². The highest BCUT2D eigenvalue weighted by Gasteiger charge is 2.27. The van der Waals surface area contributed by atoms with Crippen LogP contribution in [0.25, 0.3) is 11.1 Å². The molecule has 0 aliphatic heterocycles. The molecule has 0 radical (unpaired) electrons. The first-order valence-corrected chi connectivity index (χ1v) is 5.82. The fourth-order valence-electron chi connectivity index (χ4n) is 2.40. The van der Waals surface area contributed by atoms with Crippen molar-refractivity contribution in [2.24, 2.45) is 5.73 Å². The van der Waals surface area contributed by atoms with Crippen molar-refractivity contribution in [1.82, 2.24) is 0 Å². The van der Waals surface area contributed by atoms with Crippen molar-refractivity contribution >= 4 is 11.6 Å². The molecule has 3 heteroatoms. The predicted octanol–water partition coefficient (Wildman–Crippen LogP) is 3.38. The van der Waals surface area contributed by atoms with Gasteiger partial charge >= 0.3 is 0 Å². The number of fused-ring (bicyclic) bond motifs is 3. The van der Waals surface area contributed by atoms with Gasteiger partial charge in [-0.15, -0.1) is 0 Å². The molecule has 3 rings (SSSR count). The van der Waals surface area contributed by atoms with Crippen molar-refractivity contribution in [2.75, 3.05) is 7.11 Å². The number of ether oxygens (including phenoxy) is 1. The summed E-state index contributed by atoms with van der Waals surface area (Å²) >= 11 is 6.25. The number of nitrogens with two attached hydrogens (primary N) is 1. The second-order valence-electron chi connectivity index (χ2n) is 4.13. The molecule has 0 bridgehead atoms. The fraction of sp³-hybridized carbons (Fsp3) is 0.143. The Kier molecular flexibility index (Phi) is 2.35. The molecule has 2 N–H and O–H groups in total. The Bertz CT molecular complexity index is 595. The maximum Gasteiger partial charge on any atom is 0.119 e. The molecular weight excluding hydrogens is 234 g/mol. The highest BCUT2D eigenvalue weighted by atomic mass is 35.5. The highest BCUT2D eigenvalue weighted by Crippen LogP contribution is 2.46. The second-order valence-corrected chi connectivity index (χ2v) is 4.54. The molecule has 0 heterocycles. The quantitative estimate of drug-likeness (QED) is 0.836. The topological polar surface area (TPSA) is 35.2 Å². The maximum atomic E-state index is 6.25. The molecule has 86 valence electrons. The molecule has 0 spiro atoms. The van der Waals surface area contributed by atoms with Gasteiger partial charge in [0.15, 0.2) is 0 Å². The van der Waals surface area contributed by atoms with E-state index < -0.39 is 0 Å². The Morgan fingerprint density at radius 1 is 1.18 bits per heavy atom. The Hall–Kier alpha value is -1.51. The first kappa shape index (κ1) is 10.6. The van der Waals surface area contributed by atoms with E-state index in [1.165, 1.54) is 0 Å². The third-order valence-electron chi connectivity index (χ3n) is 3.24. The third-order valence-corrected chi connectivity index (χ3v) is 3.56. The van der Waals surface area contributed by atoms with Gasteiger partial charge in [0.05, 0.1) is 13.2 Å². The molecule has 0 saturated carbocycles. The number of hydrogen-bond acceptors (Lipinski definition) is 2. The van der Waals surface area contributed by atoms with Crippen LogP contribution in [0.3, 0.4) is 0 Å². The van der Waals surface area contributed by atoms with Crippen molar-refractivity contribution in [2.45, 2.75) is 6.04 Å². The summed E-state index contributed by atoms with van der Waals surface area (Å²) in [6.07, 6.45) is 0. The standard InChI is InChI=1S/C14H12ClNO/c1-17-8-5-6-9-11(7-8)14(16)10-3-2-4-12(15)13(9)10/h2-7,14H,16H2,1H3. The van der Waals surface area contributed by atoms with Gasteiger partial charge in [-0.25, -0.2) is 0 Å². The fourth-order valence-corrected chi connectivity index (χ4v) is 2.69. The van der Waals surface area contributed by atoms with Gasteiger partial charge in [-0.2, -0.15) is 0 Å². The van der Waals surface area contributed by atoms with E-state index in [0.717, 1.165) is 33.0 Å². The summed E-state index contributed by atoms with van der Waals surface area (Å²) in [6.45, 7) is 0. The number of halogens is 1. The van der Waals surface area contributed by atoms with Crippen molar-refractivity contribution in [3.05, 3.63) is 52.5 Å². The molecule has 2 aromatic carbocycles. The zero-order chi connectivity index (χ0) is 12.0. The van der Waals surface area contributed by atoms with Crippen molar-refractivity contribution < 1.29 is 4.74 Å². The molecule has 1 atom stereocenters. The van der Waals surface area contributed by atoms with Crippen LogP contribution in [-0.2, 0) is 0 Å². The lowest BCUT2D eigenvalue weighted by atomic mass is 10.1. The summed E-state index contributed by atoms with van der Waals surface area (Å²) in [4.78, 5) is 0. The summed E-state index contributed by atoms with van der Waals surface area (Å²) < 4.78 is 5.23. The molecule has 1 aliphatic rings. The van der Waals surface area contributed by atoms with Gasteiger partial charge in [-0.05, 0) is 34.9 Å². The van der Waals surface area contributed by atoms with E-state index in [0.29, 0.717) is 0 Å². The van der Waals surface area contributed by atoms with Crippen LogP contribution < -0.4 is 10.5 Å². The van der Waals surface area contributed by atoms with Gasteiger partial charge in [0, 0.05) is 10.6 Å². The van der Waals surface area contributed by atoms with E-state index in [1.54, 1.807) is 7.11 Å². The van der Waals surface area contributed by atoms with Gasteiger partial charge in [0.2, 0.25) is 0 Å². The van der Waals surface area contributed by atoms with Crippen molar-refractivity contribution in [3.63, 3.8) is 0 Å². The Labute approximate surface area is 105 Å². The van der Waals surface area contributed by atoms with E-state index >= 15 is 0 Å². The van der Waals surface area contributed by atoms with E-state index in [2.05, 4.69) is 0 Å². The zero-order valence-electron chi connectivity index (χ0n) is 9.41. The largest absolute Gasteiger partial charge is 0.497 e. The van der Waals surface area contributed by atoms with Crippen molar-refractivity contribution in [3.8, 4) is 16.9 Å². The molecule has 1 aliphatic carbocycles. The second kappa shape index (κ2) is 3.76. The SMILES string of the molecule is COc1ccc2c(c1)C(N)c1cccc(Cl)c1-2. The van der Waals surface area contributed by atoms with Gasteiger partial charge in [-0.1, -0.05) is 29.8 Å². The van der Waals surface area contributed by atoms with Gasteiger partial charge in [0.1, 0.15) is 5.75 Å². The molecule has 0 amide bonds. The van der Waals surface area contributed by atoms with Crippen LogP contribution in [0.2, 0.25) is 5.02 Å². The summed E-state index contributed by atoms with van der Waals surface area (Å²) in [5.41, 5.74) is 10.6. The van der Waals surface area contributed by atoms with Crippen LogP contribution in [0.1, 0.15) is 17.2 Å². The number of methoxy groups -OCH3 is 1. The van der Waals surface area contributed by atoms with E-state index in [1.807, 2.05) is 36.4 Å². The molecule has 0 fully saturated rings. The first-order chi connectivity index (χ1) is 8.22. The van der Waals surface area contributed by atoms with E-state index in [4.69, 9.17) is 22.1 Å². The first-order valence-electron chi connectivity index (χ1n) is 5.44. The van der Waals surface area contributed by atoms with Crippen molar-refractivity contribution in [1.29, 1.82) is 0 Å². The monoisotopic (exact) mass is 245 g/mol. The molecular formula is C14H12ClNO. The normalized spacial score (nSPS) is 16.5. The minimum Gasteiger partial charge on any atom is -0.497 e. The van der Waals surface area contributed by atoms with Crippen LogP contribution in [0.5, 0.6) is 5.75 Å². The van der Waals surface area contributed by atoms with Gasteiger partial charge in [0.25, 0.3) is 0 Å². The molecule has 1 unspecified atom stereocenters. The number of rotatable bonds is 1. The molecule has 2 nitrogen and oxygen atoms in total. The van der Waals surface area contributed by atoms with E-state index in [9.17, 15) is 0 Å². The summed E-state index contributed by atoms with van der Waals surface area (Å²) in [5, 5.41) is 0.752. The minimum atomic E-state index is -0.117. The molecule has 0 aromatic heterocycles. The Balaban J connectivity index is 2.28. The highest BCUT2D eigenvalue weighted by molar-refractivity contribution is 6.33. The zero-order valence-corrected chi connectivity index (χ0v) is 10.2.